The van der Waals surface area contributed by atoms with E-state index in [-0.39, 0.29) is 0 Å². The Bertz CT molecular complexity index is 206. The van der Waals surface area contributed by atoms with E-state index in [1.54, 1.807) is 0 Å². The van der Waals surface area contributed by atoms with Gasteiger partial charge in [-0.05, 0) is 25.7 Å². The van der Waals surface area contributed by atoms with Crippen LogP contribution in [0.3, 0.4) is 0 Å². The molecule has 0 aromatic carbocycles. The third kappa shape index (κ3) is 2.07. The van der Waals surface area contributed by atoms with Gasteiger partial charge in [-0.15, -0.1) is 6.58 Å². The standard InChI is InChI=1S/C11H16/c1-4-10(3)11-7-5-9(2)6-8-11/h4-5,7,10H,1,6,8H2,2-3H3. The lowest BCUT2D eigenvalue weighted by atomic mass is 9.91. The molecule has 1 rings (SSSR count). The average molecular weight is 148 g/mol. The molecule has 0 heterocycles. The zero-order valence-electron chi connectivity index (χ0n) is 7.43. The molecule has 0 bridgehead atoms. The highest BCUT2D eigenvalue weighted by molar-refractivity contribution is 5.25. The molecule has 0 amide bonds. The number of hydrogen-bond donors (Lipinski definition) is 0. The van der Waals surface area contributed by atoms with Gasteiger partial charge in [0.25, 0.3) is 0 Å². The van der Waals surface area contributed by atoms with Crippen LogP contribution in [0, 0.1) is 5.92 Å². The highest BCUT2D eigenvalue weighted by atomic mass is 14.1. The average Bonchev–Trinajstić information content (AvgIpc) is 2.05. The zero-order chi connectivity index (χ0) is 8.27. The van der Waals surface area contributed by atoms with E-state index in [0.29, 0.717) is 5.92 Å². The normalized spacial score (nSPS) is 20.2. The van der Waals surface area contributed by atoms with Crippen LogP contribution in [0.4, 0.5) is 0 Å². The summed E-state index contributed by atoms with van der Waals surface area (Å²) in [7, 11) is 0. The molecule has 1 unspecified atom stereocenters. The Hall–Kier alpha value is -0.780. The summed E-state index contributed by atoms with van der Waals surface area (Å²) in [5, 5.41) is 0. The van der Waals surface area contributed by atoms with Crippen molar-refractivity contribution in [1.82, 2.24) is 0 Å². The Morgan fingerprint density at radius 3 is 2.64 bits per heavy atom. The van der Waals surface area contributed by atoms with E-state index in [1.807, 2.05) is 6.08 Å². The molecular formula is C11H16. The van der Waals surface area contributed by atoms with E-state index in [9.17, 15) is 0 Å². The van der Waals surface area contributed by atoms with Gasteiger partial charge in [-0.2, -0.15) is 0 Å². The van der Waals surface area contributed by atoms with Crippen molar-refractivity contribution in [1.29, 1.82) is 0 Å². The lowest BCUT2D eigenvalue weighted by molar-refractivity contribution is 0.760. The molecule has 0 nitrogen and oxygen atoms in total. The predicted molar refractivity (Wildman–Crippen MR) is 50.4 cm³/mol. The molecule has 0 N–H and O–H groups in total. The fraction of sp³-hybridized carbons (Fsp3) is 0.455. The topological polar surface area (TPSA) is 0 Å². The maximum atomic E-state index is 3.79. The van der Waals surface area contributed by atoms with Gasteiger partial charge in [-0.3, -0.25) is 0 Å². The molecule has 0 spiro atoms. The summed E-state index contributed by atoms with van der Waals surface area (Å²) in [5.74, 6) is 0.555. The Balaban J connectivity index is 2.67. The maximum absolute atomic E-state index is 3.79. The Morgan fingerprint density at radius 1 is 1.45 bits per heavy atom. The quantitative estimate of drug-likeness (QED) is 0.526. The predicted octanol–water partition coefficient (Wildman–Crippen LogP) is 3.48. The van der Waals surface area contributed by atoms with Crippen molar-refractivity contribution in [3.8, 4) is 0 Å². The summed E-state index contributed by atoms with van der Waals surface area (Å²) in [6, 6.07) is 0. The molecule has 0 aromatic heterocycles. The molecule has 0 saturated heterocycles. The summed E-state index contributed by atoms with van der Waals surface area (Å²) >= 11 is 0. The van der Waals surface area contributed by atoms with Crippen molar-refractivity contribution in [3.05, 3.63) is 36.0 Å². The lowest BCUT2D eigenvalue weighted by Crippen LogP contribution is -1.98. The highest BCUT2D eigenvalue weighted by Crippen LogP contribution is 2.24. The van der Waals surface area contributed by atoms with E-state index in [1.165, 1.54) is 24.0 Å². The molecule has 0 heteroatoms. The lowest BCUT2D eigenvalue weighted by Gasteiger charge is -2.15. The van der Waals surface area contributed by atoms with Crippen LogP contribution in [0.2, 0.25) is 0 Å². The minimum Gasteiger partial charge on any atom is -0.102 e. The summed E-state index contributed by atoms with van der Waals surface area (Å²) in [5.41, 5.74) is 3.01. The van der Waals surface area contributed by atoms with Crippen LogP contribution in [0.1, 0.15) is 26.7 Å². The van der Waals surface area contributed by atoms with Crippen molar-refractivity contribution >= 4 is 0 Å². The van der Waals surface area contributed by atoms with Crippen LogP contribution in [-0.4, -0.2) is 0 Å². The first kappa shape index (κ1) is 8.32. The van der Waals surface area contributed by atoms with Gasteiger partial charge in [-0.1, -0.05) is 36.3 Å². The number of rotatable bonds is 2. The van der Waals surface area contributed by atoms with Gasteiger partial charge in [0.1, 0.15) is 0 Å². The van der Waals surface area contributed by atoms with Crippen LogP contribution in [0.15, 0.2) is 36.0 Å². The van der Waals surface area contributed by atoms with Crippen LogP contribution in [0.5, 0.6) is 0 Å². The smallest absolute Gasteiger partial charge is 0.00511 e. The monoisotopic (exact) mass is 148 g/mol. The van der Waals surface area contributed by atoms with E-state index >= 15 is 0 Å². The molecule has 0 radical (unpaired) electrons. The first-order valence-electron chi connectivity index (χ1n) is 4.23. The Morgan fingerprint density at radius 2 is 2.18 bits per heavy atom. The van der Waals surface area contributed by atoms with Gasteiger partial charge in [0.05, 0.1) is 0 Å². The second kappa shape index (κ2) is 3.56. The van der Waals surface area contributed by atoms with E-state index in [0.717, 1.165) is 0 Å². The zero-order valence-corrected chi connectivity index (χ0v) is 7.43. The maximum Gasteiger partial charge on any atom is -0.00511 e. The number of allylic oxidation sites excluding steroid dienone is 5. The summed E-state index contributed by atoms with van der Waals surface area (Å²) < 4.78 is 0. The van der Waals surface area contributed by atoms with Crippen LogP contribution < -0.4 is 0 Å². The second-order valence-electron chi connectivity index (χ2n) is 3.28. The Kier molecular flexibility index (Phi) is 2.70. The van der Waals surface area contributed by atoms with Gasteiger partial charge < -0.3 is 0 Å². The summed E-state index contributed by atoms with van der Waals surface area (Å²) in [6.07, 6.45) is 8.92. The molecule has 1 aliphatic rings. The fourth-order valence-corrected chi connectivity index (χ4v) is 1.29. The van der Waals surface area contributed by atoms with Crippen molar-refractivity contribution in [3.63, 3.8) is 0 Å². The minimum atomic E-state index is 0.555. The van der Waals surface area contributed by atoms with Crippen molar-refractivity contribution in [2.45, 2.75) is 26.7 Å². The minimum absolute atomic E-state index is 0.555. The first-order valence-corrected chi connectivity index (χ1v) is 4.23. The molecule has 0 aromatic rings. The molecule has 1 aliphatic carbocycles. The van der Waals surface area contributed by atoms with E-state index in [4.69, 9.17) is 0 Å². The SMILES string of the molecule is C=CC(C)C1=CC=C(C)CC1. The van der Waals surface area contributed by atoms with Crippen molar-refractivity contribution < 1.29 is 0 Å². The van der Waals surface area contributed by atoms with Crippen molar-refractivity contribution in [2.75, 3.05) is 0 Å². The van der Waals surface area contributed by atoms with Gasteiger partial charge in [0.15, 0.2) is 0 Å². The largest absolute Gasteiger partial charge is 0.102 e. The molecule has 0 fully saturated rings. The number of hydrogen-bond acceptors (Lipinski definition) is 0. The second-order valence-corrected chi connectivity index (χ2v) is 3.28. The first-order chi connectivity index (χ1) is 5.24. The van der Waals surface area contributed by atoms with Crippen LogP contribution >= 0.6 is 0 Å². The molecular weight excluding hydrogens is 132 g/mol. The van der Waals surface area contributed by atoms with Gasteiger partial charge in [-0.25, -0.2) is 0 Å². The Labute approximate surface area is 69.3 Å². The molecule has 0 aliphatic heterocycles. The third-order valence-electron chi connectivity index (χ3n) is 2.33. The third-order valence-corrected chi connectivity index (χ3v) is 2.33. The fourth-order valence-electron chi connectivity index (χ4n) is 1.29. The van der Waals surface area contributed by atoms with Gasteiger partial charge in [0, 0.05) is 0 Å². The van der Waals surface area contributed by atoms with Gasteiger partial charge in [0.2, 0.25) is 0 Å². The van der Waals surface area contributed by atoms with E-state index in [2.05, 4.69) is 32.6 Å². The highest BCUT2D eigenvalue weighted by Gasteiger charge is 2.07. The molecule has 0 saturated carbocycles. The van der Waals surface area contributed by atoms with Crippen LogP contribution in [0.25, 0.3) is 0 Å². The molecule has 60 valence electrons. The molecule has 1 atom stereocenters. The van der Waals surface area contributed by atoms with Crippen LogP contribution in [-0.2, 0) is 0 Å². The van der Waals surface area contributed by atoms with E-state index < -0.39 is 0 Å². The summed E-state index contributed by atoms with van der Waals surface area (Å²) in [6.45, 7) is 8.18. The van der Waals surface area contributed by atoms with Crippen molar-refractivity contribution in [2.24, 2.45) is 5.92 Å². The van der Waals surface area contributed by atoms with Gasteiger partial charge >= 0.3 is 0 Å². The molecule has 11 heavy (non-hydrogen) atoms. The summed E-state index contributed by atoms with van der Waals surface area (Å²) in [4.78, 5) is 0.